The molecule has 0 aliphatic heterocycles. The number of esters is 1. The summed E-state index contributed by atoms with van der Waals surface area (Å²) in [7, 11) is 1.22. The molecule has 0 fully saturated rings. The van der Waals surface area contributed by atoms with Crippen LogP contribution in [0.3, 0.4) is 0 Å². The van der Waals surface area contributed by atoms with Crippen molar-refractivity contribution >= 4 is 23.6 Å². The van der Waals surface area contributed by atoms with Gasteiger partial charge in [0.25, 0.3) is 0 Å². The quantitative estimate of drug-likeness (QED) is 0.338. The van der Waals surface area contributed by atoms with Gasteiger partial charge in [0.1, 0.15) is 23.7 Å². The summed E-state index contributed by atoms with van der Waals surface area (Å²) in [5, 5.41) is 7.39. The molecule has 33 heavy (non-hydrogen) atoms. The summed E-state index contributed by atoms with van der Waals surface area (Å²) in [6, 6.07) is -0.220. The molecule has 1 rings (SSSR count). The zero-order valence-electron chi connectivity index (χ0n) is 19.3. The number of rotatable bonds is 11. The summed E-state index contributed by atoms with van der Waals surface area (Å²) < 4.78 is 31.8. The summed E-state index contributed by atoms with van der Waals surface area (Å²) in [6.45, 7) is 9.09. The predicted octanol–water partition coefficient (Wildman–Crippen LogP) is 4.24. The lowest BCUT2D eigenvalue weighted by atomic mass is 9.98. The lowest BCUT2D eigenvalue weighted by molar-refractivity contribution is -0.146. The lowest BCUT2D eigenvalue weighted by Crippen LogP contribution is -2.54. The van der Waals surface area contributed by atoms with Crippen LogP contribution in [-0.2, 0) is 14.3 Å². The highest BCUT2D eigenvalue weighted by Crippen LogP contribution is 2.16. The number of carbonyl (C=O) groups is 3. The van der Waals surface area contributed by atoms with Crippen LogP contribution in [0.4, 0.5) is 19.3 Å². The topological polar surface area (TPSA) is 96.5 Å². The first-order valence-electron chi connectivity index (χ1n) is 10.5. The van der Waals surface area contributed by atoms with E-state index in [0.29, 0.717) is 18.1 Å². The van der Waals surface area contributed by atoms with Gasteiger partial charge < -0.3 is 20.7 Å². The monoisotopic (exact) mass is 463 g/mol. The molecule has 0 spiro atoms. The number of amides is 3. The van der Waals surface area contributed by atoms with E-state index in [-0.39, 0.29) is 18.0 Å². The predicted molar refractivity (Wildman–Crippen MR) is 123 cm³/mol. The minimum atomic E-state index is -1.12. The number of carbonyl (C=O) groups excluding carboxylic acids is 3. The summed E-state index contributed by atoms with van der Waals surface area (Å²) >= 11 is 0. The van der Waals surface area contributed by atoms with Crippen LogP contribution in [0.1, 0.15) is 33.6 Å². The standard InChI is InChI=1S/C24H31F2N3O4/c1-6-9-16(10-7-2)13-20(22(30)29-21(15(4)8-3)23(31)33-5)28-24(32)27-19-12-11-17(25)14-18(19)26/h6-7,9-12,14-15,20-21H,1,8,13H2,2-5H3,(H,29,30)(H2,27,28,32)/b10-7-,16-9+. The van der Waals surface area contributed by atoms with Gasteiger partial charge in [-0.2, -0.15) is 0 Å². The Hall–Kier alpha value is -3.49. The molecule has 1 aromatic carbocycles. The van der Waals surface area contributed by atoms with Crippen molar-refractivity contribution in [3.8, 4) is 0 Å². The van der Waals surface area contributed by atoms with Gasteiger partial charge in [0.15, 0.2) is 0 Å². The van der Waals surface area contributed by atoms with Crippen molar-refractivity contribution in [3.05, 3.63) is 66.3 Å². The van der Waals surface area contributed by atoms with Crippen LogP contribution >= 0.6 is 0 Å². The van der Waals surface area contributed by atoms with Gasteiger partial charge in [-0.25, -0.2) is 18.4 Å². The van der Waals surface area contributed by atoms with Crippen molar-refractivity contribution in [1.82, 2.24) is 10.6 Å². The molecule has 180 valence electrons. The number of hydrogen-bond acceptors (Lipinski definition) is 4. The van der Waals surface area contributed by atoms with E-state index in [1.807, 2.05) is 6.92 Å². The van der Waals surface area contributed by atoms with E-state index >= 15 is 0 Å². The second kappa shape index (κ2) is 13.8. The molecular formula is C24H31F2N3O4. The van der Waals surface area contributed by atoms with Gasteiger partial charge in [0, 0.05) is 12.5 Å². The summed E-state index contributed by atoms with van der Waals surface area (Å²) in [6.07, 6.45) is 7.38. The minimum absolute atomic E-state index is 0.0654. The number of halogens is 2. The third kappa shape index (κ3) is 8.88. The number of ether oxygens (including phenoxy) is 1. The highest BCUT2D eigenvalue weighted by molar-refractivity contribution is 5.95. The first-order chi connectivity index (χ1) is 15.7. The SMILES string of the molecule is C=C/C=C(\C=C/C)CC(NC(=O)Nc1ccc(F)cc1F)C(=O)NC(C(=O)OC)C(C)CC. The molecule has 0 heterocycles. The van der Waals surface area contributed by atoms with Gasteiger partial charge in [0.05, 0.1) is 12.8 Å². The maximum atomic E-state index is 13.9. The summed E-state index contributed by atoms with van der Waals surface area (Å²) in [5.74, 6) is -3.21. The fourth-order valence-electron chi connectivity index (χ4n) is 2.96. The van der Waals surface area contributed by atoms with Crippen LogP contribution in [0.15, 0.2) is 54.7 Å². The van der Waals surface area contributed by atoms with Gasteiger partial charge in [-0.1, -0.05) is 51.2 Å². The van der Waals surface area contributed by atoms with E-state index in [9.17, 15) is 23.2 Å². The van der Waals surface area contributed by atoms with Crippen molar-refractivity contribution in [2.24, 2.45) is 5.92 Å². The molecule has 0 aliphatic rings. The van der Waals surface area contributed by atoms with E-state index in [2.05, 4.69) is 22.5 Å². The van der Waals surface area contributed by atoms with Crippen LogP contribution in [0.2, 0.25) is 0 Å². The Kier molecular flexibility index (Phi) is 11.5. The Bertz CT molecular complexity index is 915. The molecule has 0 bridgehead atoms. The Morgan fingerprint density at radius 3 is 2.45 bits per heavy atom. The number of benzene rings is 1. The van der Waals surface area contributed by atoms with Crippen LogP contribution in [0, 0.1) is 17.6 Å². The molecule has 0 aliphatic carbocycles. The average molecular weight is 464 g/mol. The second-order valence-corrected chi connectivity index (χ2v) is 7.35. The number of nitrogens with one attached hydrogen (secondary N) is 3. The van der Waals surface area contributed by atoms with Crippen LogP contribution < -0.4 is 16.0 Å². The molecule has 0 saturated carbocycles. The van der Waals surface area contributed by atoms with Gasteiger partial charge >= 0.3 is 12.0 Å². The molecule has 0 radical (unpaired) electrons. The average Bonchev–Trinajstić information content (AvgIpc) is 2.78. The largest absolute Gasteiger partial charge is 0.467 e. The Balaban J connectivity index is 3.14. The first-order valence-corrected chi connectivity index (χ1v) is 10.5. The number of anilines is 1. The molecule has 3 atom stereocenters. The van der Waals surface area contributed by atoms with Crippen LogP contribution in [-0.4, -0.2) is 37.1 Å². The van der Waals surface area contributed by atoms with Crippen molar-refractivity contribution in [3.63, 3.8) is 0 Å². The Morgan fingerprint density at radius 1 is 1.21 bits per heavy atom. The fraction of sp³-hybridized carbons (Fsp3) is 0.375. The van der Waals surface area contributed by atoms with E-state index in [4.69, 9.17) is 4.74 Å². The van der Waals surface area contributed by atoms with E-state index in [1.54, 1.807) is 32.1 Å². The smallest absolute Gasteiger partial charge is 0.328 e. The summed E-state index contributed by atoms with van der Waals surface area (Å²) in [4.78, 5) is 37.8. The van der Waals surface area contributed by atoms with E-state index < -0.39 is 41.6 Å². The molecule has 3 amide bonds. The zero-order valence-corrected chi connectivity index (χ0v) is 19.3. The van der Waals surface area contributed by atoms with Gasteiger partial charge in [-0.15, -0.1) is 0 Å². The van der Waals surface area contributed by atoms with Crippen molar-refractivity contribution in [1.29, 1.82) is 0 Å². The Morgan fingerprint density at radius 2 is 1.91 bits per heavy atom. The van der Waals surface area contributed by atoms with Crippen molar-refractivity contribution in [2.45, 2.75) is 45.7 Å². The van der Waals surface area contributed by atoms with E-state index in [0.717, 1.165) is 12.1 Å². The summed E-state index contributed by atoms with van der Waals surface area (Å²) in [5.41, 5.74) is 0.425. The zero-order chi connectivity index (χ0) is 25.0. The normalized spacial score (nSPS) is 14.2. The van der Waals surface area contributed by atoms with Gasteiger partial charge in [-0.05, 0) is 30.5 Å². The molecule has 9 heteroatoms. The molecule has 7 nitrogen and oxygen atoms in total. The molecule has 3 N–H and O–H groups in total. The Labute approximate surface area is 193 Å². The van der Waals surface area contributed by atoms with Crippen molar-refractivity contribution < 1.29 is 27.9 Å². The fourth-order valence-corrected chi connectivity index (χ4v) is 2.96. The first kappa shape index (κ1) is 27.5. The highest BCUT2D eigenvalue weighted by Gasteiger charge is 2.30. The van der Waals surface area contributed by atoms with Gasteiger partial charge in [-0.3, -0.25) is 4.79 Å². The highest BCUT2D eigenvalue weighted by atomic mass is 19.1. The van der Waals surface area contributed by atoms with Gasteiger partial charge in [0.2, 0.25) is 5.91 Å². The number of urea groups is 1. The molecule has 0 saturated heterocycles. The number of hydrogen-bond donors (Lipinski definition) is 3. The molecular weight excluding hydrogens is 432 g/mol. The van der Waals surface area contributed by atoms with E-state index in [1.165, 1.54) is 13.2 Å². The third-order valence-electron chi connectivity index (χ3n) is 4.92. The minimum Gasteiger partial charge on any atom is -0.467 e. The second-order valence-electron chi connectivity index (χ2n) is 7.35. The molecule has 3 unspecified atom stereocenters. The third-order valence-corrected chi connectivity index (χ3v) is 4.92. The maximum absolute atomic E-state index is 13.9. The van der Waals surface area contributed by atoms with Crippen LogP contribution in [0.25, 0.3) is 0 Å². The lowest BCUT2D eigenvalue weighted by Gasteiger charge is -2.25. The number of allylic oxidation sites excluding steroid dienone is 4. The number of methoxy groups -OCH3 is 1. The van der Waals surface area contributed by atoms with Crippen LogP contribution in [0.5, 0.6) is 0 Å². The van der Waals surface area contributed by atoms with Crippen molar-refractivity contribution in [2.75, 3.05) is 12.4 Å². The maximum Gasteiger partial charge on any atom is 0.328 e. The molecule has 0 aromatic heterocycles. The molecule has 1 aromatic rings.